The Morgan fingerprint density at radius 2 is 1.88 bits per heavy atom. The fraction of sp³-hybridized carbons (Fsp3) is 0.148. The lowest BCUT2D eigenvalue weighted by Crippen LogP contribution is -2.22. The Bertz CT molecular complexity index is 1710. The minimum atomic E-state index is -0.0850. The van der Waals surface area contributed by atoms with Crippen LogP contribution in [0.2, 0.25) is 0 Å². The third kappa shape index (κ3) is 3.78. The zero-order valence-electron chi connectivity index (χ0n) is 19.0. The Kier molecular flexibility index (Phi) is 5.52. The zero-order chi connectivity index (χ0) is 23.8. The topological polar surface area (TPSA) is 76.6 Å². The van der Waals surface area contributed by atoms with Crippen LogP contribution in [0.3, 0.4) is 0 Å². The summed E-state index contributed by atoms with van der Waals surface area (Å²) in [4.78, 5) is 18.5. The van der Waals surface area contributed by atoms with E-state index in [1.54, 1.807) is 17.6 Å². The quantitative estimate of drug-likeness (QED) is 0.380. The van der Waals surface area contributed by atoms with Crippen molar-refractivity contribution < 1.29 is 9.47 Å². The summed E-state index contributed by atoms with van der Waals surface area (Å²) in [5.41, 5.74) is 6.06. The van der Waals surface area contributed by atoms with Gasteiger partial charge in [-0.1, -0.05) is 35.6 Å². The van der Waals surface area contributed by atoms with Gasteiger partial charge in [0.15, 0.2) is 16.5 Å². The standard InChI is InChI=1S/C27H21N3O3S/c1-16-10-21-22(11-17(16)2)30-26(31)25(34-27(30)29-21)13-18-8-9-23(24(12-18)32-3)33-15-20-7-5-4-6-19(20)14-28/h4-13H,15H2,1-3H3/b25-13-. The van der Waals surface area contributed by atoms with Crippen LogP contribution in [0.5, 0.6) is 11.5 Å². The molecular formula is C27H21N3O3S. The van der Waals surface area contributed by atoms with Gasteiger partial charge in [-0.15, -0.1) is 0 Å². The van der Waals surface area contributed by atoms with E-state index in [-0.39, 0.29) is 12.2 Å². The van der Waals surface area contributed by atoms with Crippen molar-refractivity contribution in [3.05, 3.63) is 97.3 Å². The molecule has 0 amide bonds. The summed E-state index contributed by atoms with van der Waals surface area (Å²) in [6.45, 7) is 4.33. The van der Waals surface area contributed by atoms with E-state index in [2.05, 4.69) is 11.1 Å². The number of hydrogen-bond acceptors (Lipinski definition) is 6. The Morgan fingerprint density at radius 1 is 1.09 bits per heavy atom. The number of methoxy groups -OCH3 is 1. The number of hydrogen-bond donors (Lipinski definition) is 0. The molecule has 0 fully saturated rings. The van der Waals surface area contributed by atoms with Gasteiger partial charge >= 0.3 is 0 Å². The van der Waals surface area contributed by atoms with E-state index in [4.69, 9.17) is 9.47 Å². The first-order chi connectivity index (χ1) is 16.5. The van der Waals surface area contributed by atoms with E-state index < -0.39 is 0 Å². The largest absolute Gasteiger partial charge is 0.493 e. The van der Waals surface area contributed by atoms with Crippen LogP contribution in [0, 0.1) is 25.2 Å². The molecule has 6 nitrogen and oxygen atoms in total. The third-order valence-corrected chi connectivity index (χ3v) is 6.83. The number of aromatic nitrogens is 2. The Labute approximate surface area is 199 Å². The first-order valence-corrected chi connectivity index (χ1v) is 11.5. The van der Waals surface area contributed by atoms with Crippen LogP contribution in [-0.2, 0) is 6.61 Å². The molecule has 0 radical (unpaired) electrons. The number of aryl methyl sites for hydroxylation is 2. The molecule has 0 atom stereocenters. The van der Waals surface area contributed by atoms with Gasteiger partial charge in [-0.05, 0) is 66.9 Å². The average Bonchev–Trinajstić information content (AvgIpc) is 3.33. The van der Waals surface area contributed by atoms with Crippen molar-refractivity contribution in [3.63, 3.8) is 0 Å². The van der Waals surface area contributed by atoms with Crippen LogP contribution in [-0.4, -0.2) is 16.5 Å². The fourth-order valence-electron chi connectivity index (χ4n) is 3.87. The lowest BCUT2D eigenvalue weighted by Gasteiger charge is -2.12. The highest BCUT2D eigenvalue weighted by atomic mass is 32.1. The highest BCUT2D eigenvalue weighted by molar-refractivity contribution is 7.15. The number of nitrogens with zero attached hydrogens (tertiary/aromatic N) is 3. The molecule has 0 saturated heterocycles. The summed E-state index contributed by atoms with van der Waals surface area (Å²) in [5, 5.41) is 9.27. The minimum Gasteiger partial charge on any atom is -0.493 e. The molecule has 0 aliphatic rings. The molecule has 0 aliphatic carbocycles. The van der Waals surface area contributed by atoms with Gasteiger partial charge in [0.25, 0.3) is 5.56 Å². The zero-order valence-corrected chi connectivity index (χ0v) is 19.8. The number of fused-ring (bicyclic) bond motifs is 3. The number of ether oxygens (including phenoxy) is 2. The van der Waals surface area contributed by atoms with E-state index in [9.17, 15) is 10.1 Å². The highest BCUT2D eigenvalue weighted by Gasteiger charge is 2.13. The van der Waals surface area contributed by atoms with E-state index in [1.807, 2.05) is 68.5 Å². The molecule has 3 aromatic carbocycles. The van der Waals surface area contributed by atoms with Crippen LogP contribution in [0.1, 0.15) is 27.8 Å². The first-order valence-electron chi connectivity index (χ1n) is 10.7. The Hall–Kier alpha value is -4.15. The highest BCUT2D eigenvalue weighted by Crippen LogP contribution is 2.29. The van der Waals surface area contributed by atoms with Crippen molar-refractivity contribution in [1.82, 2.24) is 9.38 Å². The van der Waals surface area contributed by atoms with E-state index in [0.29, 0.717) is 26.6 Å². The second kappa shape index (κ2) is 8.65. The maximum atomic E-state index is 13.2. The van der Waals surface area contributed by atoms with Crippen molar-refractivity contribution in [2.75, 3.05) is 7.11 Å². The van der Waals surface area contributed by atoms with Crippen LogP contribution >= 0.6 is 11.3 Å². The summed E-state index contributed by atoms with van der Waals surface area (Å²) in [6, 6.07) is 19.1. The molecule has 2 aromatic heterocycles. The summed E-state index contributed by atoms with van der Waals surface area (Å²) >= 11 is 1.37. The van der Waals surface area contributed by atoms with Crippen molar-refractivity contribution in [2.24, 2.45) is 0 Å². The van der Waals surface area contributed by atoms with Gasteiger partial charge in [0, 0.05) is 5.56 Å². The van der Waals surface area contributed by atoms with Crippen molar-refractivity contribution in [2.45, 2.75) is 20.5 Å². The maximum Gasteiger partial charge on any atom is 0.274 e. The maximum absolute atomic E-state index is 13.2. The van der Waals surface area contributed by atoms with Crippen molar-refractivity contribution >= 4 is 33.4 Å². The number of imidazole rings is 1. The smallest absolute Gasteiger partial charge is 0.274 e. The van der Waals surface area contributed by atoms with Gasteiger partial charge in [0.05, 0.1) is 34.3 Å². The third-order valence-electron chi connectivity index (χ3n) is 5.86. The molecule has 34 heavy (non-hydrogen) atoms. The van der Waals surface area contributed by atoms with Crippen LogP contribution < -0.4 is 19.6 Å². The fourth-order valence-corrected chi connectivity index (χ4v) is 4.86. The second-order valence-corrected chi connectivity index (χ2v) is 9.05. The molecule has 0 spiro atoms. The molecular weight excluding hydrogens is 446 g/mol. The van der Waals surface area contributed by atoms with Crippen LogP contribution in [0.25, 0.3) is 22.1 Å². The van der Waals surface area contributed by atoms with E-state index in [0.717, 1.165) is 33.3 Å². The lowest BCUT2D eigenvalue weighted by atomic mass is 10.1. The monoisotopic (exact) mass is 467 g/mol. The molecule has 7 heteroatoms. The van der Waals surface area contributed by atoms with Crippen LogP contribution in [0.15, 0.2) is 59.4 Å². The molecule has 0 aliphatic heterocycles. The number of nitriles is 1. The summed E-state index contributed by atoms with van der Waals surface area (Å²) in [6.07, 6.45) is 1.84. The van der Waals surface area contributed by atoms with Crippen molar-refractivity contribution in [1.29, 1.82) is 5.26 Å². The van der Waals surface area contributed by atoms with E-state index in [1.165, 1.54) is 11.3 Å². The molecule has 0 saturated carbocycles. The van der Waals surface area contributed by atoms with E-state index >= 15 is 0 Å². The van der Waals surface area contributed by atoms with Gasteiger partial charge < -0.3 is 9.47 Å². The molecule has 0 N–H and O–H groups in total. The van der Waals surface area contributed by atoms with Gasteiger partial charge in [0.2, 0.25) is 0 Å². The summed E-state index contributed by atoms with van der Waals surface area (Å²) in [5.74, 6) is 1.11. The van der Waals surface area contributed by atoms with Gasteiger partial charge in [-0.25, -0.2) is 9.38 Å². The molecule has 168 valence electrons. The molecule has 2 heterocycles. The molecule has 0 bridgehead atoms. The molecule has 5 aromatic rings. The SMILES string of the molecule is COc1cc(/C=c2\sc3nc4cc(C)c(C)cc4n3c2=O)ccc1OCc1ccccc1C#N. The van der Waals surface area contributed by atoms with Gasteiger partial charge in [-0.2, -0.15) is 5.26 Å². The second-order valence-electron chi connectivity index (χ2n) is 8.04. The van der Waals surface area contributed by atoms with Gasteiger partial charge in [0.1, 0.15) is 6.61 Å². The Balaban J connectivity index is 1.49. The summed E-state index contributed by atoms with van der Waals surface area (Å²) < 4.78 is 13.7. The Morgan fingerprint density at radius 3 is 2.68 bits per heavy atom. The molecule has 0 unspecified atom stereocenters. The van der Waals surface area contributed by atoms with Crippen molar-refractivity contribution in [3.8, 4) is 17.6 Å². The normalized spacial score (nSPS) is 11.8. The predicted molar refractivity (Wildman–Crippen MR) is 134 cm³/mol. The molecule has 5 rings (SSSR count). The summed E-state index contributed by atoms with van der Waals surface area (Å²) in [7, 11) is 1.57. The number of benzene rings is 3. The predicted octanol–water partition coefficient (Wildman–Crippen LogP) is 4.53. The number of rotatable bonds is 5. The first kappa shape index (κ1) is 21.7. The minimum absolute atomic E-state index is 0.0850. The van der Waals surface area contributed by atoms with Gasteiger partial charge in [-0.3, -0.25) is 4.79 Å². The number of thiazole rings is 1. The van der Waals surface area contributed by atoms with Crippen LogP contribution in [0.4, 0.5) is 0 Å². The average molecular weight is 468 g/mol. The lowest BCUT2D eigenvalue weighted by molar-refractivity contribution is 0.284.